The van der Waals surface area contributed by atoms with Gasteiger partial charge in [0.2, 0.25) is 0 Å². The molecule has 0 aliphatic carbocycles. The van der Waals surface area contributed by atoms with E-state index in [1.54, 1.807) is 20.8 Å². The summed E-state index contributed by atoms with van der Waals surface area (Å²) in [6.45, 7) is 5.24. The van der Waals surface area contributed by atoms with Crippen molar-refractivity contribution in [2.75, 3.05) is 7.11 Å². The van der Waals surface area contributed by atoms with Crippen molar-refractivity contribution in [3.05, 3.63) is 0 Å². The molecule has 0 aromatic heterocycles. The van der Waals surface area contributed by atoms with Crippen molar-refractivity contribution in [3.8, 4) is 0 Å². The van der Waals surface area contributed by atoms with Crippen LogP contribution in [0.1, 0.15) is 20.8 Å². The van der Waals surface area contributed by atoms with Crippen LogP contribution >= 0.6 is 0 Å². The number of hydrogen-bond acceptors (Lipinski definition) is 4. The van der Waals surface area contributed by atoms with Crippen LogP contribution in [-0.4, -0.2) is 46.8 Å². The summed E-state index contributed by atoms with van der Waals surface area (Å²) in [7, 11) is 1.27. The third-order valence-corrected chi connectivity index (χ3v) is 2.04. The van der Waals surface area contributed by atoms with Crippen molar-refractivity contribution in [1.29, 1.82) is 0 Å². The Hall–Kier alpha value is -0.741. The summed E-state index contributed by atoms with van der Waals surface area (Å²) in [4.78, 5) is 22.4. The van der Waals surface area contributed by atoms with Crippen LogP contribution < -0.4 is 5.32 Å². The maximum atomic E-state index is 11.3. The molecule has 1 amide bonds. The summed E-state index contributed by atoms with van der Waals surface area (Å²) >= 11 is 2.66. The molecule has 0 aliphatic heterocycles. The zero-order chi connectivity index (χ0) is 12.1. The second-order valence-corrected chi connectivity index (χ2v) is 4.59. The van der Waals surface area contributed by atoms with E-state index in [2.05, 4.69) is 26.1 Å². The Morgan fingerprint density at radius 2 is 1.93 bits per heavy atom. The van der Waals surface area contributed by atoms with Crippen LogP contribution in [0.3, 0.4) is 0 Å². The summed E-state index contributed by atoms with van der Waals surface area (Å²) in [5.74, 6) is -0.500. The number of rotatable bonds is 3. The molecule has 0 fully saturated rings. The van der Waals surface area contributed by atoms with E-state index in [1.807, 2.05) is 0 Å². The number of esters is 1. The molecule has 87 valence electrons. The molecule has 0 saturated heterocycles. The molecule has 1 N–H and O–H groups in total. The van der Waals surface area contributed by atoms with E-state index in [1.165, 1.54) is 7.11 Å². The van der Waals surface area contributed by atoms with Crippen molar-refractivity contribution in [2.24, 2.45) is 0 Å². The Kier molecular flexibility index (Phi) is 5.68. The number of ether oxygens (including phenoxy) is 2. The van der Waals surface area contributed by atoms with E-state index in [9.17, 15) is 9.59 Å². The molecule has 0 aliphatic rings. The molecule has 0 saturated carbocycles. The van der Waals surface area contributed by atoms with Gasteiger partial charge in [0, 0.05) is 0 Å². The second kappa shape index (κ2) is 5.98. The van der Waals surface area contributed by atoms with Gasteiger partial charge in [0.25, 0.3) is 0 Å². The van der Waals surface area contributed by atoms with Crippen LogP contribution in [0.25, 0.3) is 0 Å². The molecule has 0 aromatic rings. The van der Waals surface area contributed by atoms with Gasteiger partial charge in [0.15, 0.2) is 0 Å². The molecule has 0 aromatic carbocycles. The van der Waals surface area contributed by atoms with Gasteiger partial charge < -0.3 is 0 Å². The third kappa shape index (κ3) is 6.36. The van der Waals surface area contributed by atoms with Crippen LogP contribution in [0.5, 0.6) is 0 Å². The summed E-state index contributed by atoms with van der Waals surface area (Å²) in [6, 6.07) is -0.704. The standard InChI is InChI=1S/C9H16NO4Se/c1-9(2,3)14-8(12)10-6(5-15)7(11)13-4/h6H,5H2,1-4H3,(H,10,12)/t6-/m0/s1. The zero-order valence-corrected chi connectivity index (χ0v) is 11.0. The fourth-order valence-corrected chi connectivity index (χ4v) is 1.22. The molecular weight excluding hydrogens is 265 g/mol. The Labute approximate surface area is 97.7 Å². The fourth-order valence-electron chi connectivity index (χ4n) is 0.761. The number of carbonyl (C=O) groups excluding carboxylic acids is 2. The Balaban J connectivity index is 4.20. The Morgan fingerprint density at radius 3 is 2.27 bits per heavy atom. The van der Waals surface area contributed by atoms with Gasteiger partial charge in [0.1, 0.15) is 0 Å². The van der Waals surface area contributed by atoms with Crippen LogP contribution in [0, 0.1) is 0 Å². The maximum absolute atomic E-state index is 11.3. The van der Waals surface area contributed by atoms with Crippen molar-refractivity contribution >= 4 is 28.1 Å². The fraction of sp³-hybridized carbons (Fsp3) is 0.778. The SMILES string of the molecule is COC(=O)[C@H](C[Se])NC(=O)OC(C)(C)C. The van der Waals surface area contributed by atoms with Crippen LogP contribution in [0.15, 0.2) is 0 Å². The normalized spacial score (nSPS) is 12.9. The molecular formula is C9H16NO4Se. The van der Waals surface area contributed by atoms with Gasteiger partial charge in [-0.15, -0.1) is 0 Å². The average Bonchev–Trinajstić information content (AvgIpc) is 2.10. The number of nitrogens with one attached hydrogen (secondary N) is 1. The predicted octanol–water partition coefficient (Wildman–Crippen LogP) is 0.639. The van der Waals surface area contributed by atoms with Gasteiger partial charge >= 0.3 is 97.3 Å². The zero-order valence-electron chi connectivity index (χ0n) is 9.33. The van der Waals surface area contributed by atoms with E-state index in [-0.39, 0.29) is 0 Å². The minimum atomic E-state index is -0.704. The van der Waals surface area contributed by atoms with Gasteiger partial charge in [0.05, 0.1) is 0 Å². The first-order chi connectivity index (χ1) is 6.80. The molecule has 1 atom stereocenters. The molecule has 0 bridgehead atoms. The second-order valence-electron chi connectivity index (χ2n) is 3.89. The van der Waals surface area contributed by atoms with Crippen molar-refractivity contribution < 1.29 is 19.1 Å². The van der Waals surface area contributed by atoms with E-state index in [4.69, 9.17) is 4.74 Å². The van der Waals surface area contributed by atoms with Gasteiger partial charge in [-0.2, -0.15) is 0 Å². The molecule has 1 radical (unpaired) electrons. The predicted molar refractivity (Wildman–Crippen MR) is 55.7 cm³/mol. The van der Waals surface area contributed by atoms with E-state index in [0.717, 1.165) is 0 Å². The van der Waals surface area contributed by atoms with Gasteiger partial charge in [-0.3, -0.25) is 0 Å². The summed E-state index contributed by atoms with van der Waals surface area (Å²) in [5.41, 5.74) is -0.581. The third-order valence-electron chi connectivity index (χ3n) is 1.34. The Morgan fingerprint density at radius 1 is 1.40 bits per heavy atom. The number of hydrogen-bond donors (Lipinski definition) is 1. The number of methoxy groups -OCH3 is 1. The molecule has 0 rings (SSSR count). The molecule has 6 heteroatoms. The van der Waals surface area contributed by atoms with Crippen LogP contribution in [0.2, 0.25) is 5.32 Å². The first-order valence-corrected chi connectivity index (χ1v) is 5.66. The van der Waals surface area contributed by atoms with Crippen LogP contribution in [-0.2, 0) is 14.3 Å². The monoisotopic (exact) mass is 282 g/mol. The molecule has 5 nitrogen and oxygen atoms in total. The van der Waals surface area contributed by atoms with E-state index in [0.29, 0.717) is 5.32 Å². The van der Waals surface area contributed by atoms with Gasteiger partial charge in [-0.05, 0) is 0 Å². The molecule has 15 heavy (non-hydrogen) atoms. The van der Waals surface area contributed by atoms with Crippen LogP contribution in [0.4, 0.5) is 4.79 Å². The van der Waals surface area contributed by atoms with E-state index >= 15 is 0 Å². The topological polar surface area (TPSA) is 64.6 Å². The molecule has 0 unspecified atom stereocenters. The van der Waals surface area contributed by atoms with Gasteiger partial charge in [-0.1, -0.05) is 0 Å². The average molecular weight is 281 g/mol. The van der Waals surface area contributed by atoms with Crippen molar-refractivity contribution in [2.45, 2.75) is 37.7 Å². The number of amides is 1. The van der Waals surface area contributed by atoms with Gasteiger partial charge in [-0.25, -0.2) is 0 Å². The molecule has 0 spiro atoms. The summed E-state index contributed by atoms with van der Waals surface area (Å²) < 4.78 is 9.50. The Bertz CT molecular complexity index is 237. The first-order valence-electron chi connectivity index (χ1n) is 4.45. The van der Waals surface area contributed by atoms with E-state index < -0.39 is 23.7 Å². The summed E-state index contributed by atoms with van der Waals surface area (Å²) in [5, 5.41) is 2.75. The quantitative estimate of drug-likeness (QED) is 0.609. The minimum absolute atomic E-state index is 0.339. The van der Waals surface area contributed by atoms with Crippen molar-refractivity contribution in [1.82, 2.24) is 5.32 Å². The molecule has 0 heterocycles. The van der Waals surface area contributed by atoms with Crippen molar-refractivity contribution in [3.63, 3.8) is 0 Å². The number of carbonyl (C=O) groups is 2. The first kappa shape index (κ1) is 14.3. The summed E-state index contributed by atoms with van der Waals surface area (Å²) in [6.07, 6.45) is -0.631. The number of alkyl carbamates (subject to hydrolysis) is 1.